The van der Waals surface area contributed by atoms with Gasteiger partial charge in [0.1, 0.15) is 0 Å². The van der Waals surface area contributed by atoms with Crippen molar-refractivity contribution in [2.75, 3.05) is 5.75 Å². The van der Waals surface area contributed by atoms with Gasteiger partial charge in [0.25, 0.3) is 10.1 Å². The highest BCUT2D eigenvalue weighted by molar-refractivity contribution is 7.85. The highest BCUT2D eigenvalue weighted by Crippen LogP contribution is 2.15. The third-order valence-corrected chi connectivity index (χ3v) is 11.5. The van der Waals surface area contributed by atoms with Crippen molar-refractivity contribution >= 4 is 16.0 Å². The SMILES string of the molecule is CCCCCCC/C=C\C/C=C\CCCCCCCCCCCC(=O)NC(CS(=O)(=O)O)C(O)/C=C/CC/C=C/CCCCCCCCCCCCCCCC. The van der Waals surface area contributed by atoms with E-state index in [0.29, 0.717) is 6.42 Å². The van der Waals surface area contributed by atoms with Crippen molar-refractivity contribution in [2.45, 2.75) is 251 Å². The van der Waals surface area contributed by atoms with Gasteiger partial charge in [0, 0.05) is 6.42 Å². The smallest absolute Gasteiger partial charge is 0.267 e. The lowest BCUT2D eigenvalue weighted by molar-refractivity contribution is -0.122. The molecule has 0 spiro atoms. The zero-order valence-electron chi connectivity index (χ0n) is 36.8. The minimum absolute atomic E-state index is 0.283. The molecule has 2 unspecified atom stereocenters. The third-order valence-electron chi connectivity index (χ3n) is 10.7. The van der Waals surface area contributed by atoms with Crippen LogP contribution in [0.25, 0.3) is 0 Å². The lowest BCUT2D eigenvalue weighted by Crippen LogP contribution is -2.46. The van der Waals surface area contributed by atoms with E-state index in [4.69, 9.17) is 0 Å². The molecule has 2 atom stereocenters. The first-order valence-electron chi connectivity index (χ1n) is 23.8. The summed E-state index contributed by atoms with van der Waals surface area (Å²) in [5.41, 5.74) is 0. The van der Waals surface area contributed by atoms with Crippen molar-refractivity contribution in [3.63, 3.8) is 0 Å². The number of amides is 1. The fourth-order valence-corrected chi connectivity index (χ4v) is 7.88. The number of hydrogen-bond donors (Lipinski definition) is 3. The highest BCUT2D eigenvalue weighted by atomic mass is 32.2. The Morgan fingerprint density at radius 1 is 0.482 bits per heavy atom. The van der Waals surface area contributed by atoms with E-state index in [-0.39, 0.29) is 12.3 Å². The molecule has 0 aliphatic rings. The molecule has 0 aromatic heterocycles. The summed E-state index contributed by atoms with van der Waals surface area (Å²) in [5.74, 6) is -1.00. The molecular formula is C49H91NO5S. The van der Waals surface area contributed by atoms with Crippen molar-refractivity contribution in [2.24, 2.45) is 0 Å². The zero-order valence-corrected chi connectivity index (χ0v) is 37.6. The number of unbranched alkanes of at least 4 members (excludes halogenated alkanes) is 29. The van der Waals surface area contributed by atoms with E-state index in [2.05, 4.69) is 55.6 Å². The van der Waals surface area contributed by atoms with E-state index in [1.807, 2.05) is 6.08 Å². The van der Waals surface area contributed by atoms with E-state index < -0.39 is 28.0 Å². The molecule has 328 valence electrons. The Balaban J connectivity index is 3.89. The maximum Gasteiger partial charge on any atom is 0.267 e. The van der Waals surface area contributed by atoms with Crippen LogP contribution >= 0.6 is 0 Å². The Labute approximate surface area is 348 Å². The first-order chi connectivity index (χ1) is 27.3. The van der Waals surface area contributed by atoms with Gasteiger partial charge in [-0.1, -0.05) is 217 Å². The Hall–Kier alpha value is -1.70. The van der Waals surface area contributed by atoms with Crippen LogP contribution in [-0.4, -0.2) is 41.9 Å². The minimum Gasteiger partial charge on any atom is -0.387 e. The van der Waals surface area contributed by atoms with E-state index in [0.717, 1.165) is 44.9 Å². The molecule has 6 nitrogen and oxygen atoms in total. The van der Waals surface area contributed by atoms with Crippen molar-refractivity contribution in [1.82, 2.24) is 5.32 Å². The molecular weight excluding hydrogens is 715 g/mol. The largest absolute Gasteiger partial charge is 0.387 e. The standard InChI is InChI=1S/C49H91NO5S/c1-3-5-7-9-11-13-15-17-19-21-23-25-27-29-31-33-35-37-39-41-43-45-49(52)50-47(46-56(53,54)55)48(51)44-42-40-38-36-34-32-30-28-26-24-22-20-18-16-14-12-10-8-6-4-2/h15,17,21,23,34,36,42,44,47-48,51H,3-14,16,18-20,22,24-33,35,37-41,43,45-46H2,1-2H3,(H,50,52)(H,53,54,55)/b17-15-,23-21-,36-34+,44-42+. The summed E-state index contributed by atoms with van der Waals surface area (Å²) in [7, 11) is -4.36. The van der Waals surface area contributed by atoms with Gasteiger partial charge in [-0.05, 0) is 64.2 Å². The van der Waals surface area contributed by atoms with Crippen LogP contribution in [0.15, 0.2) is 48.6 Å². The van der Waals surface area contributed by atoms with Crippen LogP contribution in [-0.2, 0) is 14.9 Å². The van der Waals surface area contributed by atoms with Gasteiger partial charge < -0.3 is 10.4 Å². The van der Waals surface area contributed by atoms with Crippen molar-refractivity contribution in [3.8, 4) is 0 Å². The fraction of sp³-hybridized carbons (Fsp3) is 0.816. The molecule has 0 radical (unpaired) electrons. The quantitative estimate of drug-likeness (QED) is 0.0323. The van der Waals surface area contributed by atoms with Crippen LogP contribution in [0.3, 0.4) is 0 Å². The molecule has 0 aliphatic heterocycles. The molecule has 3 N–H and O–H groups in total. The second-order valence-corrected chi connectivity index (χ2v) is 17.9. The normalized spacial score (nSPS) is 13.6. The summed E-state index contributed by atoms with van der Waals surface area (Å²) in [5, 5.41) is 13.3. The monoisotopic (exact) mass is 806 g/mol. The first kappa shape index (κ1) is 54.3. The van der Waals surface area contributed by atoms with Crippen molar-refractivity contribution in [3.05, 3.63) is 48.6 Å². The maximum atomic E-state index is 12.6. The second-order valence-electron chi connectivity index (χ2n) is 16.4. The van der Waals surface area contributed by atoms with E-state index >= 15 is 0 Å². The number of allylic oxidation sites excluding steroid dienone is 7. The van der Waals surface area contributed by atoms with Gasteiger partial charge in [-0.3, -0.25) is 9.35 Å². The van der Waals surface area contributed by atoms with E-state index in [1.165, 1.54) is 173 Å². The van der Waals surface area contributed by atoms with Crippen LogP contribution in [0.1, 0.15) is 239 Å². The van der Waals surface area contributed by atoms with Crippen LogP contribution in [0.4, 0.5) is 0 Å². The molecule has 0 saturated carbocycles. The van der Waals surface area contributed by atoms with Crippen LogP contribution < -0.4 is 5.32 Å². The maximum absolute atomic E-state index is 12.6. The summed E-state index contributed by atoms with van der Waals surface area (Å²) < 4.78 is 32.6. The topological polar surface area (TPSA) is 104 Å². The van der Waals surface area contributed by atoms with E-state index in [9.17, 15) is 22.9 Å². The van der Waals surface area contributed by atoms with Gasteiger partial charge in [0.2, 0.25) is 5.91 Å². The van der Waals surface area contributed by atoms with Gasteiger partial charge in [-0.2, -0.15) is 8.42 Å². The minimum atomic E-state index is -4.36. The molecule has 7 heteroatoms. The molecule has 56 heavy (non-hydrogen) atoms. The number of aliphatic hydroxyl groups excluding tert-OH is 1. The predicted molar refractivity (Wildman–Crippen MR) is 244 cm³/mol. The van der Waals surface area contributed by atoms with Gasteiger partial charge in [-0.25, -0.2) is 0 Å². The first-order valence-corrected chi connectivity index (χ1v) is 25.4. The second kappa shape index (κ2) is 42.9. The molecule has 0 saturated heterocycles. The van der Waals surface area contributed by atoms with E-state index in [1.54, 1.807) is 0 Å². The molecule has 0 bridgehead atoms. The average molecular weight is 806 g/mol. The number of aliphatic hydroxyl groups is 1. The molecule has 0 fully saturated rings. The van der Waals surface area contributed by atoms with Crippen LogP contribution in [0, 0.1) is 0 Å². The van der Waals surface area contributed by atoms with Gasteiger partial charge in [-0.15, -0.1) is 0 Å². The Morgan fingerprint density at radius 2 is 0.821 bits per heavy atom. The number of carbonyl (C=O) groups excluding carboxylic acids is 1. The molecule has 0 aliphatic carbocycles. The summed E-state index contributed by atoms with van der Waals surface area (Å²) in [6.45, 7) is 4.53. The number of hydrogen-bond acceptors (Lipinski definition) is 4. The zero-order chi connectivity index (χ0) is 41.1. The predicted octanol–water partition coefficient (Wildman–Crippen LogP) is 14.6. The third kappa shape index (κ3) is 43.4. The van der Waals surface area contributed by atoms with Crippen molar-refractivity contribution < 1.29 is 22.9 Å². The average Bonchev–Trinajstić information content (AvgIpc) is 3.16. The van der Waals surface area contributed by atoms with Gasteiger partial charge in [0.15, 0.2) is 0 Å². The molecule has 0 heterocycles. The summed E-state index contributed by atoms with van der Waals surface area (Å²) in [4.78, 5) is 12.6. The Morgan fingerprint density at radius 3 is 1.23 bits per heavy atom. The molecule has 0 aromatic carbocycles. The fourth-order valence-electron chi connectivity index (χ4n) is 7.14. The molecule has 0 rings (SSSR count). The Kier molecular flexibility index (Phi) is 41.6. The molecule has 0 aromatic rings. The number of carbonyl (C=O) groups is 1. The summed E-state index contributed by atoms with van der Waals surface area (Å²) in [6.07, 6.45) is 58.2. The number of nitrogens with one attached hydrogen (secondary N) is 1. The lowest BCUT2D eigenvalue weighted by Gasteiger charge is -2.21. The number of rotatable bonds is 43. The summed E-state index contributed by atoms with van der Waals surface area (Å²) in [6, 6.07) is -1.08. The van der Waals surface area contributed by atoms with Crippen LogP contribution in [0.2, 0.25) is 0 Å². The van der Waals surface area contributed by atoms with Gasteiger partial charge >= 0.3 is 0 Å². The Bertz CT molecular complexity index is 1070. The highest BCUT2D eigenvalue weighted by Gasteiger charge is 2.24. The molecule has 1 amide bonds. The van der Waals surface area contributed by atoms with Crippen molar-refractivity contribution in [1.29, 1.82) is 0 Å². The lowest BCUT2D eigenvalue weighted by atomic mass is 10.0. The van der Waals surface area contributed by atoms with Crippen LogP contribution in [0.5, 0.6) is 0 Å². The van der Waals surface area contributed by atoms with Gasteiger partial charge in [0.05, 0.1) is 17.9 Å². The summed E-state index contributed by atoms with van der Waals surface area (Å²) >= 11 is 0.